The van der Waals surface area contributed by atoms with Crippen LogP contribution in [0.1, 0.15) is 24.1 Å². The SMILES string of the molecule is CCOc1ccc(/C(O)=C2\C(=O)C(=O)N(c3cccc(Cl)c3)C2c2cn(C)c3ccccc23)cc1. The van der Waals surface area contributed by atoms with Crippen molar-refractivity contribution < 1.29 is 19.4 Å². The normalized spacial score (nSPS) is 17.3. The number of aliphatic hydroxyl groups excluding tert-OH is 1. The van der Waals surface area contributed by atoms with Crippen molar-refractivity contribution in [3.63, 3.8) is 0 Å². The maximum atomic E-state index is 13.4. The highest BCUT2D eigenvalue weighted by Crippen LogP contribution is 2.45. The predicted molar refractivity (Wildman–Crippen MR) is 137 cm³/mol. The van der Waals surface area contributed by atoms with Gasteiger partial charge >= 0.3 is 0 Å². The van der Waals surface area contributed by atoms with E-state index >= 15 is 0 Å². The zero-order chi connectivity index (χ0) is 24.7. The molecule has 1 aromatic heterocycles. The van der Waals surface area contributed by atoms with Crippen LogP contribution in [0.15, 0.2) is 84.6 Å². The smallest absolute Gasteiger partial charge is 0.300 e. The number of aryl methyl sites for hydroxylation is 1. The first-order chi connectivity index (χ1) is 16.9. The van der Waals surface area contributed by atoms with Gasteiger partial charge in [0, 0.05) is 46.0 Å². The Balaban J connectivity index is 1.75. The Bertz CT molecular complexity index is 1490. The third-order valence-corrected chi connectivity index (χ3v) is 6.43. The van der Waals surface area contributed by atoms with Crippen LogP contribution in [0.4, 0.5) is 5.69 Å². The number of fused-ring (bicyclic) bond motifs is 1. The van der Waals surface area contributed by atoms with Gasteiger partial charge in [-0.3, -0.25) is 14.5 Å². The van der Waals surface area contributed by atoms with Gasteiger partial charge in [0.25, 0.3) is 11.7 Å². The lowest BCUT2D eigenvalue weighted by atomic mass is 9.94. The number of hydrogen-bond donors (Lipinski definition) is 1. The minimum absolute atomic E-state index is 0.0236. The summed E-state index contributed by atoms with van der Waals surface area (Å²) >= 11 is 6.24. The van der Waals surface area contributed by atoms with E-state index in [0.29, 0.717) is 28.6 Å². The van der Waals surface area contributed by atoms with Crippen LogP contribution in [0.5, 0.6) is 5.75 Å². The number of halogens is 1. The molecule has 176 valence electrons. The zero-order valence-corrected chi connectivity index (χ0v) is 20.0. The van der Waals surface area contributed by atoms with E-state index in [2.05, 4.69) is 0 Å². The molecule has 2 heterocycles. The van der Waals surface area contributed by atoms with Crippen LogP contribution in [0.25, 0.3) is 16.7 Å². The van der Waals surface area contributed by atoms with Crippen LogP contribution < -0.4 is 9.64 Å². The third-order valence-electron chi connectivity index (χ3n) is 6.19. The number of ketones is 1. The highest BCUT2D eigenvalue weighted by molar-refractivity contribution is 6.52. The molecule has 3 aromatic carbocycles. The van der Waals surface area contributed by atoms with Crippen molar-refractivity contribution in [3.05, 3.63) is 101 Å². The van der Waals surface area contributed by atoms with E-state index in [4.69, 9.17) is 16.3 Å². The summed E-state index contributed by atoms with van der Waals surface area (Å²) in [6.45, 7) is 2.40. The van der Waals surface area contributed by atoms with Gasteiger partial charge in [0.15, 0.2) is 0 Å². The van der Waals surface area contributed by atoms with Crippen molar-refractivity contribution in [3.8, 4) is 5.75 Å². The molecule has 1 saturated heterocycles. The topological polar surface area (TPSA) is 71.8 Å². The number of para-hydroxylation sites is 1. The monoisotopic (exact) mass is 486 g/mol. The van der Waals surface area contributed by atoms with Crippen LogP contribution in [-0.4, -0.2) is 28.0 Å². The van der Waals surface area contributed by atoms with Crippen molar-refractivity contribution in [1.82, 2.24) is 4.57 Å². The number of amides is 1. The summed E-state index contributed by atoms with van der Waals surface area (Å²) in [6.07, 6.45) is 1.89. The molecule has 1 N–H and O–H groups in total. The molecule has 7 heteroatoms. The van der Waals surface area contributed by atoms with Crippen molar-refractivity contribution in [2.24, 2.45) is 7.05 Å². The van der Waals surface area contributed by atoms with Crippen molar-refractivity contribution in [1.29, 1.82) is 0 Å². The summed E-state index contributed by atoms with van der Waals surface area (Å²) in [5.41, 5.74) is 2.59. The fourth-order valence-corrected chi connectivity index (χ4v) is 4.83. The lowest BCUT2D eigenvalue weighted by Crippen LogP contribution is -2.29. The molecule has 1 fully saturated rings. The molecule has 4 aromatic rings. The van der Waals surface area contributed by atoms with Gasteiger partial charge in [0.05, 0.1) is 18.2 Å². The second-order valence-electron chi connectivity index (χ2n) is 8.32. The van der Waals surface area contributed by atoms with Crippen LogP contribution in [0, 0.1) is 0 Å². The number of hydrogen-bond acceptors (Lipinski definition) is 4. The molecule has 1 aliphatic rings. The molecular formula is C28H23ClN2O4. The first kappa shape index (κ1) is 22.7. The van der Waals surface area contributed by atoms with Crippen LogP contribution in [0.3, 0.4) is 0 Å². The van der Waals surface area contributed by atoms with Gasteiger partial charge in [0.2, 0.25) is 0 Å². The number of carbonyl (C=O) groups is 2. The molecule has 5 rings (SSSR count). The molecular weight excluding hydrogens is 464 g/mol. The average molecular weight is 487 g/mol. The molecule has 0 bridgehead atoms. The van der Waals surface area contributed by atoms with Gasteiger partial charge < -0.3 is 14.4 Å². The lowest BCUT2D eigenvalue weighted by molar-refractivity contribution is -0.132. The Hall–Kier alpha value is -4.03. The van der Waals surface area contributed by atoms with E-state index in [1.165, 1.54) is 4.90 Å². The quantitative estimate of drug-likeness (QED) is 0.218. The number of benzene rings is 3. The van der Waals surface area contributed by atoms with Crippen LogP contribution >= 0.6 is 11.6 Å². The van der Waals surface area contributed by atoms with E-state index in [-0.39, 0.29) is 11.3 Å². The van der Waals surface area contributed by atoms with Gasteiger partial charge in [-0.1, -0.05) is 35.9 Å². The van der Waals surface area contributed by atoms with Gasteiger partial charge in [0.1, 0.15) is 11.5 Å². The summed E-state index contributed by atoms with van der Waals surface area (Å²) in [6, 6.07) is 20.5. The summed E-state index contributed by atoms with van der Waals surface area (Å²) in [5, 5.41) is 12.7. The van der Waals surface area contributed by atoms with Crippen molar-refractivity contribution in [2.45, 2.75) is 13.0 Å². The van der Waals surface area contributed by atoms with E-state index in [1.807, 2.05) is 49.0 Å². The van der Waals surface area contributed by atoms with E-state index in [9.17, 15) is 14.7 Å². The molecule has 1 aliphatic heterocycles. The third kappa shape index (κ3) is 3.86. The van der Waals surface area contributed by atoms with Crippen LogP contribution in [-0.2, 0) is 16.6 Å². The highest BCUT2D eigenvalue weighted by atomic mass is 35.5. The summed E-state index contributed by atoms with van der Waals surface area (Å²) in [7, 11) is 1.91. The van der Waals surface area contributed by atoms with Gasteiger partial charge in [-0.05, 0) is 55.5 Å². The average Bonchev–Trinajstić information content (AvgIpc) is 3.33. The standard InChI is InChI=1S/C28H23ClN2O4/c1-3-35-20-13-11-17(12-14-20)26(32)24-25(22-16-30(2)23-10-5-4-9-21(22)23)31(28(34)27(24)33)19-8-6-7-18(29)15-19/h4-16,25,32H,3H2,1-2H3/b26-24+. The Labute approximate surface area is 207 Å². The first-order valence-corrected chi connectivity index (χ1v) is 11.6. The Kier molecular flexibility index (Phi) is 5.83. The van der Waals surface area contributed by atoms with E-state index in [0.717, 1.165) is 16.5 Å². The highest BCUT2D eigenvalue weighted by Gasteiger charge is 2.47. The maximum Gasteiger partial charge on any atom is 0.300 e. The maximum absolute atomic E-state index is 13.4. The van der Waals surface area contributed by atoms with Crippen molar-refractivity contribution >= 4 is 45.6 Å². The lowest BCUT2D eigenvalue weighted by Gasteiger charge is -2.25. The number of rotatable bonds is 5. The predicted octanol–water partition coefficient (Wildman–Crippen LogP) is 5.86. The minimum Gasteiger partial charge on any atom is -0.507 e. The Morgan fingerprint density at radius 3 is 2.49 bits per heavy atom. The molecule has 0 spiro atoms. The number of Topliss-reactive ketones (excluding diaryl/α,β-unsaturated/α-hetero) is 1. The number of carbonyl (C=O) groups excluding carboxylic acids is 2. The number of nitrogens with zero attached hydrogens (tertiary/aromatic N) is 2. The molecule has 1 amide bonds. The van der Waals surface area contributed by atoms with Crippen molar-refractivity contribution in [2.75, 3.05) is 11.5 Å². The largest absolute Gasteiger partial charge is 0.507 e. The second-order valence-corrected chi connectivity index (χ2v) is 8.76. The Morgan fingerprint density at radius 1 is 1.03 bits per heavy atom. The summed E-state index contributed by atoms with van der Waals surface area (Å²) < 4.78 is 7.43. The first-order valence-electron chi connectivity index (χ1n) is 11.2. The number of aliphatic hydroxyl groups is 1. The molecule has 1 unspecified atom stereocenters. The van der Waals surface area contributed by atoms with Gasteiger partial charge in [-0.2, -0.15) is 0 Å². The Morgan fingerprint density at radius 2 is 1.77 bits per heavy atom. The van der Waals surface area contributed by atoms with Crippen LogP contribution in [0.2, 0.25) is 5.02 Å². The summed E-state index contributed by atoms with van der Waals surface area (Å²) in [4.78, 5) is 28.2. The fraction of sp³-hybridized carbons (Fsp3) is 0.143. The number of aromatic nitrogens is 1. The van der Waals surface area contributed by atoms with E-state index < -0.39 is 17.7 Å². The zero-order valence-electron chi connectivity index (χ0n) is 19.2. The van der Waals surface area contributed by atoms with E-state index in [1.54, 1.807) is 48.5 Å². The molecule has 6 nitrogen and oxygen atoms in total. The molecule has 35 heavy (non-hydrogen) atoms. The molecule has 1 atom stereocenters. The number of ether oxygens (including phenoxy) is 1. The summed E-state index contributed by atoms with van der Waals surface area (Å²) in [5.74, 6) is -1.07. The van der Waals surface area contributed by atoms with Gasteiger partial charge in [-0.25, -0.2) is 0 Å². The molecule has 0 aliphatic carbocycles. The molecule has 0 radical (unpaired) electrons. The minimum atomic E-state index is -0.842. The number of anilines is 1. The van der Waals surface area contributed by atoms with Gasteiger partial charge in [-0.15, -0.1) is 0 Å². The fourth-order valence-electron chi connectivity index (χ4n) is 4.64. The second kappa shape index (κ2) is 8.96. The molecule has 0 saturated carbocycles.